The van der Waals surface area contributed by atoms with Crippen molar-refractivity contribution in [2.45, 2.75) is 50.6 Å². The van der Waals surface area contributed by atoms with E-state index in [1.165, 1.54) is 11.6 Å². The standard InChI is InChI=1S/C19H28N2OSi/c1-23(2,3)13-9-5-8-12-18(14-20)21-16-22-15-19(21)17-10-6-4-7-11-17/h4-7,9-11,18-19H,8,12-13,15-16H2,1-3H3/b9-5-/t18-,19+/m1/s1. The van der Waals surface area contributed by atoms with Crippen LogP contribution in [0.25, 0.3) is 0 Å². The van der Waals surface area contributed by atoms with E-state index in [2.05, 4.69) is 54.9 Å². The molecule has 0 spiro atoms. The maximum Gasteiger partial charge on any atom is 0.101 e. The van der Waals surface area contributed by atoms with Gasteiger partial charge in [-0.2, -0.15) is 5.26 Å². The molecule has 1 heterocycles. The lowest BCUT2D eigenvalue weighted by atomic mass is 10.0. The molecule has 0 aliphatic carbocycles. The van der Waals surface area contributed by atoms with Crippen LogP contribution in [0.15, 0.2) is 42.5 Å². The molecule has 2 rings (SSSR count). The number of rotatable bonds is 7. The van der Waals surface area contributed by atoms with Gasteiger partial charge in [0.05, 0.1) is 18.7 Å². The first-order chi connectivity index (χ1) is 11.0. The van der Waals surface area contributed by atoms with Crippen LogP contribution in [0.1, 0.15) is 24.4 Å². The highest BCUT2D eigenvalue weighted by Crippen LogP contribution is 2.29. The maximum absolute atomic E-state index is 9.57. The Morgan fingerprint density at radius 1 is 1.30 bits per heavy atom. The van der Waals surface area contributed by atoms with E-state index in [0.717, 1.165) is 12.8 Å². The van der Waals surface area contributed by atoms with Crippen LogP contribution in [0.4, 0.5) is 0 Å². The van der Waals surface area contributed by atoms with Crippen molar-refractivity contribution in [3.8, 4) is 6.07 Å². The number of hydrogen-bond acceptors (Lipinski definition) is 3. The third kappa shape index (κ3) is 5.62. The Hall–Kier alpha value is -1.41. The zero-order valence-electron chi connectivity index (χ0n) is 14.5. The molecule has 0 unspecified atom stereocenters. The number of ether oxygens (including phenoxy) is 1. The minimum Gasteiger partial charge on any atom is -0.364 e. The van der Waals surface area contributed by atoms with Gasteiger partial charge < -0.3 is 4.74 Å². The summed E-state index contributed by atoms with van der Waals surface area (Å²) in [7, 11) is -1.01. The van der Waals surface area contributed by atoms with Gasteiger partial charge in [0, 0.05) is 8.07 Å². The Morgan fingerprint density at radius 2 is 2.04 bits per heavy atom. The van der Waals surface area contributed by atoms with Crippen LogP contribution in [0, 0.1) is 11.3 Å². The van der Waals surface area contributed by atoms with Gasteiger partial charge in [0.2, 0.25) is 0 Å². The van der Waals surface area contributed by atoms with Crippen molar-refractivity contribution >= 4 is 8.07 Å². The van der Waals surface area contributed by atoms with Crippen molar-refractivity contribution in [1.82, 2.24) is 4.90 Å². The molecule has 1 aromatic carbocycles. The van der Waals surface area contributed by atoms with Crippen molar-refractivity contribution in [2.24, 2.45) is 0 Å². The van der Waals surface area contributed by atoms with Crippen molar-refractivity contribution < 1.29 is 4.74 Å². The van der Waals surface area contributed by atoms with Crippen LogP contribution in [0.2, 0.25) is 25.7 Å². The number of nitriles is 1. The van der Waals surface area contributed by atoms with Gasteiger partial charge in [-0.25, -0.2) is 0 Å². The van der Waals surface area contributed by atoms with E-state index < -0.39 is 8.07 Å². The second kappa shape index (κ2) is 8.44. The first-order valence-electron chi connectivity index (χ1n) is 8.44. The molecule has 0 radical (unpaired) electrons. The Kier molecular flexibility index (Phi) is 6.58. The topological polar surface area (TPSA) is 36.3 Å². The maximum atomic E-state index is 9.57. The molecule has 3 nitrogen and oxygen atoms in total. The van der Waals surface area contributed by atoms with Crippen LogP contribution in [0.5, 0.6) is 0 Å². The van der Waals surface area contributed by atoms with Gasteiger partial charge in [0.15, 0.2) is 0 Å². The molecule has 0 amide bonds. The molecular formula is C19H28N2OSi. The second-order valence-electron chi connectivity index (χ2n) is 7.40. The molecule has 1 aromatic rings. The van der Waals surface area contributed by atoms with Gasteiger partial charge in [-0.1, -0.05) is 62.1 Å². The summed E-state index contributed by atoms with van der Waals surface area (Å²) in [6.45, 7) is 8.36. The Morgan fingerprint density at radius 3 is 2.70 bits per heavy atom. The van der Waals surface area contributed by atoms with E-state index in [9.17, 15) is 5.26 Å². The lowest BCUT2D eigenvalue weighted by molar-refractivity contribution is 0.120. The molecule has 0 N–H and O–H groups in total. The Balaban J connectivity index is 1.91. The summed E-state index contributed by atoms with van der Waals surface area (Å²) in [6.07, 6.45) is 6.37. The average Bonchev–Trinajstić information content (AvgIpc) is 3.00. The normalized spacial score (nSPS) is 20.7. The van der Waals surface area contributed by atoms with Gasteiger partial charge in [-0.15, -0.1) is 0 Å². The number of hydrogen-bond donors (Lipinski definition) is 0. The zero-order valence-corrected chi connectivity index (χ0v) is 15.5. The fraction of sp³-hybridized carbons (Fsp3) is 0.526. The number of benzene rings is 1. The summed E-state index contributed by atoms with van der Waals surface area (Å²) in [5.74, 6) is 0. The molecule has 124 valence electrons. The van der Waals surface area contributed by atoms with Crippen molar-refractivity contribution in [3.05, 3.63) is 48.0 Å². The molecule has 23 heavy (non-hydrogen) atoms. The molecule has 2 atom stereocenters. The monoisotopic (exact) mass is 328 g/mol. The van der Waals surface area contributed by atoms with Crippen molar-refractivity contribution in [1.29, 1.82) is 5.26 Å². The van der Waals surface area contributed by atoms with Crippen LogP contribution < -0.4 is 0 Å². The van der Waals surface area contributed by atoms with Crippen molar-refractivity contribution in [3.63, 3.8) is 0 Å². The minimum absolute atomic E-state index is 0.0840. The van der Waals surface area contributed by atoms with Crippen molar-refractivity contribution in [2.75, 3.05) is 13.3 Å². The minimum atomic E-state index is -1.01. The highest BCUT2D eigenvalue weighted by atomic mass is 28.3. The SMILES string of the molecule is C[Si](C)(C)C/C=C\CC[C@H](C#N)N1COC[C@H]1c1ccccc1. The quantitative estimate of drug-likeness (QED) is 0.543. The fourth-order valence-corrected chi connectivity index (χ4v) is 3.71. The smallest absolute Gasteiger partial charge is 0.101 e. The zero-order chi connectivity index (χ0) is 16.7. The number of nitrogens with zero attached hydrogens (tertiary/aromatic N) is 2. The molecule has 1 aliphatic heterocycles. The van der Waals surface area contributed by atoms with Crippen LogP contribution >= 0.6 is 0 Å². The summed E-state index contributed by atoms with van der Waals surface area (Å²) in [5, 5.41) is 9.57. The summed E-state index contributed by atoms with van der Waals surface area (Å²) in [4.78, 5) is 2.20. The summed E-state index contributed by atoms with van der Waals surface area (Å²) >= 11 is 0. The highest BCUT2D eigenvalue weighted by molar-refractivity contribution is 6.76. The molecule has 4 heteroatoms. The van der Waals surface area contributed by atoms with Gasteiger partial charge in [0.25, 0.3) is 0 Å². The first kappa shape index (κ1) is 17.9. The largest absolute Gasteiger partial charge is 0.364 e. The van der Waals surface area contributed by atoms with Crippen LogP contribution in [-0.4, -0.2) is 32.4 Å². The third-order valence-corrected chi connectivity index (χ3v) is 5.61. The molecule has 0 aromatic heterocycles. The summed E-state index contributed by atoms with van der Waals surface area (Å²) in [5.41, 5.74) is 1.24. The van der Waals surface area contributed by atoms with Crippen LogP contribution in [-0.2, 0) is 4.74 Å². The Bertz CT molecular complexity index is 545. The van der Waals surface area contributed by atoms with Gasteiger partial charge in [0.1, 0.15) is 12.8 Å². The van der Waals surface area contributed by atoms with Gasteiger partial charge in [-0.3, -0.25) is 4.90 Å². The predicted molar refractivity (Wildman–Crippen MR) is 97.8 cm³/mol. The molecule has 0 bridgehead atoms. The van der Waals surface area contributed by atoms with Crippen LogP contribution in [0.3, 0.4) is 0 Å². The van der Waals surface area contributed by atoms with E-state index in [-0.39, 0.29) is 12.1 Å². The van der Waals surface area contributed by atoms with E-state index in [1.54, 1.807) is 0 Å². The molecule has 1 fully saturated rings. The van der Waals surface area contributed by atoms with Gasteiger partial charge in [-0.05, 0) is 24.4 Å². The third-order valence-electron chi connectivity index (χ3n) is 4.15. The van der Waals surface area contributed by atoms with E-state index in [1.807, 2.05) is 18.2 Å². The molecular weight excluding hydrogens is 300 g/mol. The predicted octanol–water partition coefficient (Wildman–Crippen LogP) is 4.58. The van der Waals surface area contributed by atoms with E-state index in [0.29, 0.717) is 13.3 Å². The lowest BCUT2D eigenvalue weighted by Crippen LogP contribution is -2.34. The van der Waals surface area contributed by atoms with Gasteiger partial charge >= 0.3 is 0 Å². The van der Waals surface area contributed by atoms with E-state index >= 15 is 0 Å². The second-order valence-corrected chi connectivity index (χ2v) is 12.9. The Labute approximate surface area is 141 Å². The fourth-order valence-electron chi connectivity index (χ4n) is 2.84. The summed E-state index contributed by atoms with van der Waals surface area (Å²) < 4.78 is 5.64. The molecule has 1 saturated heterocycles. The average molecular weight is 329 g/mol. The highest BCUT2D eigenvalue weighted by Gasteiger charge is 2.32. The lowest BCUT2D eigenvalue weighted by Gasteiger charge is -2.26. The van der Waals surface area contributed by atoms with E-state index in [4.69, 9.17) is 4.74 Å². The molecule has 1 aliphatic rings. The first-order valence-corrected chi connectivity index (χ1v) is 12.1. The summed E-state index contributed by atoms with van der Waals surface area (Å²) in [6, 6.07) is 14.2. The molecule has 0 saturated carbocycles. The number of allylic oxidation sites excluding steroid dienone is 2.